The van der Waals surface area contributed by atoms with Crippen LogP contribution in [-0.2, 0) is 11.2 Å². The number of amides is 2. The number of nitrogens with one attached hydrogen (secondary N) is 2. The first-order chi connectivity index (χ1) is 18.4. The minimum Gasteiger partial charge on any atom is -0.338 e. The number of benzene rings is 2. The minimum atomic E-state index is -0.624. The smallest absolute Gasteiger partial charge is 0.256 e. The third-order valence-electron chi connectivity index (χ3n) is 6.31. The molecule has 206 valence electrons. The second-order valence-electron chi connectivity index (χ2n) is 8.87. The monoisotopic (exact) mass is 526 g/mol. The van der Waals surface area contributed by atoms with E-state index in [2.05, 4.69) is 11.1 Å². The van der Waals surface area contributed by atoms with E-state index in [1.165, 1.54) is 19.2 Å². The van der Waals surface area contributed by atoms with Crippen molar-refractivity contribution in [3.05, 3.63) is 70.5 Å². The summed E-state index contributed by atoms with van der Waals surface area (Å²) >= 11 is 0. The lowest BCUT2D eigenvalue weighted by molar-refractivity contribution is -0.131. The topological polar surface area (TPSA) is 146 Å². The van der Waals surface area contributed by atoms with E-state index in [9.17, 15) is 18.8 Å². The molecular formula is C28H39FN6O3. The number of hydrogen-bond acceptors (Lipinski definition) is 7. The molecule has 0 bridgehead atoms. The first-order valence-corrected chi connectivity index (χ1v) is 12.9. The lowest BCUT2D eigenvalue weighted by Gasteiger charge is -2.35. The maximum atomic E-state index is 14.6. The van der Waals surface area contributed by atoms with E-state index >= 15 is 0 Å². The van der Waals surface area contributed by atoms with Gasteiger partial charge in [0.15, 0.2) is 6.29 Å². The molecular weight excluding hydrogens is 487 g/mol. The Balaban J connectivity index is 0.00000247. The molecule has 1 heterocycles. The van der Waals surface area contributed by atoms with Crippen LogP contribution in [-0.4, -0.2) is 86.5 Å². The molecule has 0 spiro atoms. The number of rotatable bonds is 12. The molecule has 6 N–H and O–H groups in total. The summed E-state index contributed by atoms with van der Waals surface area (Å²) in [6, 6.07) is 11.1. The van der Waals surface area contributed by atoms with E-state index in [1.807, 2.05) is 0 Å². The molecule has 0 atom stereocenters. The number of carbonyl (C=O) groups is 3. The Morgan fingerprint density at radius 3 is 2.37 bits per heavy atom. The highest BCUT2D eigenvalue weighted by Gasteiger charge is 2.26. The van der Waals surface area contributed by atoms with Crippen LogP contribution in [0.4, 0.5) is 4.39 Å². The van der Waals surface area contributed by atoms with Crippen LogP contribution in [0, 0.1) is 11.2 Å². The van der Waals surface area contributed by atoms with Crippen molar-refractivity contribution in [3.63, 3.8) is 0 Å². The van der Waals surface area contributed by atoms with Crippen LogP contribution in [0.2, 0.25) is 0 Å². The van der Waals surface area contributed by atoms with E-state index in [4.69, 9.17) is 11.1 Å². The highest BCUT2D eigenvalue weighted by Crippen LogP contribution is 2.18. The van der Waals surface area contributed by atoms with Crippen LogP contribution >= 0.6 is 0 Å². The van der Waals surface area contributed by atoms with Crippen molar-refractivity contribution < 1.29 is 18.8 Å². The zero-order valence-electron chi connectivity index (χ0n) is 22.0. The van der Waals surface area contributed by atoms with Gasteiger partial charge in [0.2, 0.25) is 5.91 Å². The summed E-state index contributed by atoms with van der Waals surface area (Å²) in [5.74, 6) is -1.07. The van der Waals surface area contributed by atoms with Crippen molar-refractivity contribution in [2.24, 2.45) is 11.5 Å². The predicted octanol–water partition coefficient (Wildman–Crippen LogP) is 1.83. The minimum absolute atomic E-state index is 0.0109. The van der Waals surface area contributed by atoms with Crippen LogP contribution < -0.4 is 16.8 Å². The van der Waals surface area contributed by atoms with E-state index in [1.54, 1.807) is 40.1 Å². The molecule has 9 nitrogen and oxygen atoms in total. The first-order valence-electron chi connectivity index (χ1n) is 12.9. The van der Waals surface area contributed by atoms with Crippen molar-refractivity contribution in [2.45, 2.75) is 25.7 Å². The fourth-order valence-electron chi connectivity index (χ4n) is 4.23. The Kier molecular flexibility index (Phi) is 13.3. The Bertz CT molecular complexity index is 1090. The fourth-order valence-corrected chi connectivity index (χ4v) is 4.23. The van der Waals surface area contributed by atoms with Crippen LogP contribution in [0.25, 0.3) is 0 Å². The molecule has 2 aromatic carbocycles. The number of nitrogens with two attached hydrogens (primary N) is 2. The number of aldehydes is 1. The van der Waals surface area contributed by atoms with Crippen molar-refractivity contribution in [2.75, 3.05) is 52.9 Å². The summed E-state index contributed by atoms with van der Waals surface area (Å²) in [5, 5.41) is 11.5. The number of hydrogen-bond donors (Lipinski definition) is 4. The SMILES string of the molecule is CN.N=C(Cc1ccc(F)c(C(=O)N2CCN(C(=O)CNCCCCCN)CC2)c1)c1ccccc1C=O. The number of unbranched alkanes of at least 4 members (excludes halogenated alkanes) is 2. The second-order valence-corrected chi connectivity index (χ2v) is 8.87. The lowest BCUT2D eigenvalue weighted by atomic mass is 9.97. The van der Waals surface area contributed by atoms with Gasteiger partial charge in [-0.3, -0.25) is 14.4 Å². The fraction of sp³-hybridized carbons (Fsp3) is 0.429. The first kappa shape index (κ1) is 30.8. The predicted molar refractivity (Wildman–Crippen MR) is 147 cm³/mol. The van der Waals surface area contributed by atoms with E-state index < -0.39 is 11.7 Å². The van der Waals surface area contributed by atoms with Gasteiger partial charge in [-0.25, -0.2) is 4.39 Å². The summed E-state index contributed by atoms with van der Waals surface area (Å²) in [6.45, 7) is 3.14. The Morgan fingerprint density at radius 2 is 1.68 bits per heavy atom. The normalized spacial score (nSPS) is 12.9. The molecule has 0 unspecified atom stereocenters. The number of halogens is 1. The summed E-state index contributed by atoms with van der Waals surface area (Å²) < 4.78 is 14.6. The van der Waals surface area contributed by atoms with Crippen LogP contribution in [0.1, 0.15) is 51.1 Å². The molecule has 0 saturated carbocycles. The van der Waals surface area contributed by atoms with Gasteiger partial charge >= 0.3 is 0 Å². The summed E-state index contributed by atoms with van der Waals surface area (Å²) in [7, 11) is 1.50. The van der Waals surface area contributed by atoms with Crippen LogP contribution in [0.15, 0.2) is 42.5 Å². The molecule has 1 saturated heterocycles. The quantitative estimate of drug-likeness (QED) is 0.189. The van der Waals surface area contributed by atoms with Crippen LogP contribution in [0.3, 0.4) is 0 Å². The molecule has 1 aliphatic rings. The zero-order chi connectivity index (χ0) is 27.9. The summed E-state index contributed by atoms with van der Waals surface area (Å²) in [6.07, 6.45) is 3.84. The van der Waals surface area contributed by atoms with Gasteiger partial charge in [-0.15, -0.1) is 0 Å². The summed E-state index contributed by atoms with van der Waals surface area (Å²) in [4.78, 5) is 40.1. The maximum Gasteiger partial charge on any atom is 0.256 e. The van der Waals surface area contributed by atoms with Crippen LogP contribution in [0.5, 0.6) is 0 Å². The molecule has 0 aliphatic carbocycles. The average Bonchev–Trinajstić information content (AvgIpc) is 2.96. The molecule has 0 aromatic heterocycles. The van der Waals surface area contributed by atoms with E-state index in [-0.39, 0.29) is 30.1 Å². The maximum absolute atomic E-state index is 14.6. The molecule has 2 aromatic rings. The highest BCUT2D eigenvalue weighted by molar-refractivity contribution is 6.05. The molecule has 3 rings (SSSR count). The average molecular weight is 527 g/mol. The molecule has 1 fully saturated rings. The third-order valence-corrected chi connectivity index (χ3v) is 6.31. The molecule has 38 heavy (non-hydrogen) atoms. The second kappa shape index (κ2) is 16.4. The Labute approximate surface area is 223 Å². The van der Waals surface area contributed by atoms with Gasteiger partial charge in [0, 0.05) is 49.4 Å². The van der Waals surface area contributed by atoms with Crippen molar-refractivity contribution in [1.29, 1.82) is 5.41 Å². The van der Waals surface area contributed by atoms with E-state index in [0.717, 1.165) is 25.8 Å². The Morgan fingerprint density at radius 1 is 1.00 bits per heavy atom. The largest absolute Gasteiger partial charge is 0.338 e. The molecule has 10 heteroatoms. The van der Waals surface area contributed by atoms with Gasteiger partial charge in [0.05, 0.1) is 12.1 Å². The lowest BCUT2D eigenvalue weighted by Crippen LogP contribution is -2.52. The standard InChI is InChI=1S/C27H34FN5O3.CH5N/c28-24-9-8-20(17-25(30)22-7-3-2-6-21(22)19-34)16-23(24)27(36)33-14-12-32(13-15-33)26(35)18-31-11-5-1-4-10-29;1-2/h2-3,6-9,16,19,30-31H,1,4-5,10-15,17-18,29H2;2H2,1H3. The molecule has 0 radical (unpaired) electrons. The molecule has 2 amide bonds. The van der Waals surface area contributed by atoms with Crippen molar-refractivity contribution >= 4 is 23.8 Å². The van der Waals surface area contributed by atoms with Gasteiger partial charge < -0.3 is 32.0 Å². The highest BCUT2D eigenvalue weighted by atomic mass is 19.1. The zero-order valence-corrected chi connectivity index (χ0v) is 22.0. The van der Waals surface area contributed by atoms with E-state index in [0.29, 0.717) is 55.7 Å². The van der Waals surface area contributed by atoms with Crippen molar-refractivity contribution in [3.8, 4) is 0 Å². The van der Waals surface area contributed by atoms with Gasteiger partial charge in [0.25, 0.3) is 5.91 Å². The third kappa shape index (κ3) is 8.83. The summed E-state index contributed by atoms with van der Waals surface area (Å²) in [5.41, 5.74) is 11.7. The van der Waals surface area contributed by atoms with Crippen molar-refractivity contribution in [1.82, 2.24) is 15.1 Å². The number of nitrogens with zero attached hydrogens (tertiary/aromatic N) is 2. The van der Waals surface area contributed by atoms with Gasteiger partial charge in [0.1, 0.15) is 5.82 Å². The number of piperazine rings is 1. The Hall–Kier alpha value is -3.47. The van der Waals surface area contributed by atoms with Gasteiger partial charge in [-0.1, -0.05) is 36.8 Å². The molecule has 1 aliphatic heterocycles. The number of carbonyl (C=O) groups excluding carboxylic acids is 3. The van der Waals surface area contributed by atoms with Gasteiger partial charge in [-0.05, 0) is 50.7 Å². The van der Waals surface area contributed by atoms with Gasteiger partial charge in [-0.2, -0.15) is 0 Å².